The average molecular weight is 228 g/mol. The normalized spacial score (nSPS) is 25.7. The van der Waals surface area contributed by atoms with Gasteiger partial charge in [0.2, 0.25) is 0 Å². The summed E-state index contributed by atoms with van der Waals surface area (Å²) in [7, 11) is 0. The van der Waals surface area contributed by atoms with Crippen molar-refractivity contribution in [3.05, 3.63) is 28.4 Å². The lowest BCUT2D eigenvalue weighted by molar-refractivity contribution is -0.00637. The van der Waals surface area contributed by atoms with Gasteiger partial charge in [0.1, 0.15) is 11.7 Å². The molecule has 1 N–H and O–H groups in total. The molecule has 2 heterocycles. The van der Waals surface area contributed by atoms with Crippen LogP contribution in [0.1, 0.15) is 11.9 Å². The number of aliphatic hydroxyl groups is 1. The van der Waals surface area contributed by atoms with Crippen molar-refractivity contribution >= 4 is 11.8 Å². The van der Waals surface area contributed by atoms with Gasteiger partial charge in [-0.1, -0.05) is 0 Å². The van der Waals surface area contributed by atoms with Gasteiger partial charge in [0, 0.05) is 17.6 Å². The maximum atomic E-state index is 11.5. The SMILES string of the molecule is Cc1ccn([C@@H]2CS[C@H](CO)O2)c(=O)n1. The van der Waals surface area contributed by atoms with Crippen molar-refractivity contribution < 1.29 is 9.84 Å². The van der Waals surface area contributed by atoms with E-state index in [4.69, 9.17) is 9.84 Å². The molecule has 82 valence electrons. The van der Waals surface area contributed by atoms with E-state index in [2.05, 4.69) is 4.98 Å². The molecule has 5 nitrogen and oxygen atoms in total. The molecule has 1 saturated heterocycles. The molecule has 15 heavy (non-hydrogen) atoms. The number of hydrogen-bond donors (Lipinski definition) is 1. The largest absolute Gasteiger partial charge is 0.393 e. The highest BCUT2D eigenvalue weighted by molar-refractivity contribution is 8.00. The van der Waals surface area contributed by atoms with Crippen LogP contribution in [0.15, 0.2) is 17.1 Å². The standard InChI is InChI=1S/C9H12N2O3S/c1-6-2-3-11(9(13)10-6)7-5-15-8(4-12)14-7/h2-3,7-8,12H,4-5H2,1H3/t7-,8+/m0/s1. The molecule has 0 aromatic carbocycles. The van der Waals surface area contributed by atoms with Crippen LogP contribution in [0.4, 0.5) is 0 Å². The van der Waals surface area contributed by atoms with Gasteiger partial charge in [-0.05, 0) is 13.0 Å². The monoisotopic (exact) mass is 228 g/mol. The van der Waals surface area contributed by atoms with Crippen LogP contribution in [0, 0.1) is 6.92 Å². The van der Waals surface area contributed by atoms with E-state index < -0.39 is 0 Å². The van der Waals surface area contributed by atoms with Crippen molar-refractivity contribution in [3.8, 4) is 0 Å². The number of ether oxygens (including phenoxy) is 1. The fourth-order valence-electron chi connectivity index (χ4n) is 1.40. The van der Waals surface area contributed by atoms with Crippen LogP contribution in [0.25, 0.3) is 0 Å². The Labute approximate surface area is 91.1 Å². The Morgan fingerprint density at radius 1 is 1.80 bits per heavy atom. The Morgan fingerprint density at radius 3 is 3.20 bits per heavy atom. The van der Waals surface area contributed by atoms with Crippen LogP contribution in [0.2, 0.25) is 0 Å². The van der Waals surface area contributed by atoms with Crippen LogP contribution >= 0.6 is 11.8 Å². The van der Waals surface area contributed by atoms with Crippen molar-refractivity contribution in [2.75, 3.05) is 12.4 Å². The summed E-state index contributed by atoms with van der Waals surface area (Å²) in [5.41, 5.74) is 0.156. The summed E-state index contributed by atoms with van der Waals surface area (Å²) in [6.07, 6.45) is 1.36. The Bertz CT molecular complexity index is 407. The second kappa shape index (κ2) is 4.34. The quantitative estimate of drug-likeness (QED) is 0.779. The van der Waals surface area contributed by atoms with Crippen molar-refractivity contribution in [2.24, 2.45) is 0 Å². The molecule has 0 unspecified atom stereocenters. The Kier molecular flexibility index (Phi) is 3.08. The average Bonchev–Trinajstić information content (AvgIpc) is 2.66. The van der Waals surface area contributed by atoms with Crippen molar-refractivity contribution in [3.63, 3.8) is 0 Å². The first-order valence-corrected chi connectivity index (χ1v) is 5.69. The maximum absolute atomic E-state index is 11.5. The minimum Gasteiger partial charge on any atom is -0.393 e. The van der Waals surface area contributed by atoms with E-state index >= 15 is 0 Å². The molecule has 0 radical (unpaired) electrons. The number of nitrogens with zero attached hydrogens (tertiary/aromatic N) is 2. The van der Waals surface area contributed by atoms with Gasteiger partial charge in [-0.3, -0.25) is 4.57 Å². The van der Waals surface area contributed by atoms with Crippen molar-refractivity contribution in [2.45, 2.75) is 18.6 Å². The van der Waals surface area contributed by atoms with Gasteiger partial charge in [0.05, 0.1) is 6.61 Å². The third-order valence-corrected chi connectivity index (χ3v) is 3.27. The van der Waals surface area contributed by atoms with Crippen LogP contribution in [-0.2, 0) is 4.74 Å². The molecule has 1 aromatic rings. The number of thioether (sulfide) groups is 1. The minimum absolute atomic E-state index is 0.0325. The van der Waals surface area contributed by atoms with Crippen LogP contribution in [0.5, 0.6) is 0 Å². The maximum Gasteiger partial charge on any atom is 0.349 e. The highest BCUT2D eigenvalue weighted by atomic mass is 32.2. The summed E-state index contributed by atoms with van der Waals surface area (Å²) >= 11 is 1.50. The number of aliphatic hydroxyl groups excluding tert-OH is 1. The molecular formula is C9H12N2O3S. The molecule has 2 rings (SSSR count). The van der Waals surface area contributed by atoms with Gasteiger partial charge < -0.3 is 9.84 Å². The lowest BCUT2D eigenvalue weighted by Crippen LogP contribution is -2.28. The molecule has 2 atom stereocenters. The smallest absolute Gasteiger partial charge is 0.349 e. The fourth-order valence-corrected chi connectivity index (χ4v) is 2.33. The van der Waals surface area contributed by atoms with E-state index in [0.29, 0.717) is 11.4 Å². The number of hydrogen-bond acceptors (Lipinski definition) is 5. The number of rotatable bonds is 2. The summed E-state index contributed by atoms with van der Waals surface area (Å²) in [6, 6.07) is 1.77. The van der Waals surface area contributed by atoms with Gasteiger partial charge in [-0.2, -0.15) is 4.98 Å². The Morgan fingerprint density at radius 2 is 2.60 bits per heavy atom. The van der Waals surface area contributed by atoms with E-state index in [0.717, 1.165) is 0 Å². The molecule has 6 heteroatoms. The molecule has 1 fully saturated rings. The lowest BCUT2D eigenvalue weighted by atomic mass is 10.4. The Balaban J connectivity index is 2.20. The Hall–Kier alpha value is -0.850. The third kappa shape index (κ3) is 2.22. The van der Waals surface area contributed by atoms with Crippen molar-refractivity contribution in [1.82, 2.24) is 9.55 Å². The van der Waals surface area contributed by atoms with Gasteiger partial charge in [0.25, 0.3) is 0 Å². The van der Waals surface area contributed by atoms with Crippen LogP contribution in [0.3, 0.4) is 0 Å². The minimum atomic E-state index is -0.312. The van der Waals surface area contributed by atoms with Crippen LogP contribution < -0.4 is 5.69 Å². The zero-order chi connectivity index (χ0) is 10.8. The predicted molar refractivity (Wildman–Crippen MR) is 56.7 cm³/mol. The van der Waals surface area contributed by atoms with E-state index in [-0.39, 0.29) is 24.0 Å². The van der Waals surface area contributed by atoms with Crippen molar-refractivity contribution in [1.29, 1.82) is 0 Å². The predicted octanol–water partition coefficient (Wildman–Crippen LogP) is 0.132. The highest BCUT2D eigenvalue weighted by Gasteiger charge is 2.27. The summed E-state index contributed by atoms with van der Waals surface area (Å²) < 4.78 is 6.91. The number of aromatic nitrogens is 2. The first-order valence-electron chi connectivity index (χ1n) is 4.64. The summed E-state index contributed by atoms with van der Waals surface area (Å²) in [5.74, 6) is 0.663. The summed E-state index contributed by atoms with van der Waals surface area (Å²) in [5, 5.41) is 8.90. The van der Waals surface area contributed by atoms with E-state index in [1.54, 1.807) is 19.2 Å². The number of aryl methyl sites for hydroxylation is 1. The summed E-state index contributed by atoms with van der Waals surface area (Å²) in [4.78, 5) is 15.3. The molecule has 1 aliphatic heterocycles. The van der Waals surface area contributed by atoms with Crippen LogP contribution in [-0.4, -0.2) is 32.5 Å². The van der Waals surface area contributed by atoms with E-state index in [1.165, 1.54) is 16.3 Å². The first-order chi connectivity index (χ1) is 7.20. The second-order valence-corrected chi connectivity index (χ2v) is 4.49. The van der Waals surface area contributed by atoms with E-state index in [9.17, 15) is 4.79 Å². The lowest BCUT2D eigenvalue weighted by Gasteiger charge is -2.13. The van der Waals surface area contributed by atoms with Gasteiger partial charge >= 0.3 is 5.69 Å². The zero-order valence-electron chi connectivity index (χ0n) is 8.29. The second-order valence-electron chi connectivity index (χ2n) is 3.29. The van der Waals surface area contributed by atoms with E-state index in [1.807, 2.05) is 0 Å². The molecular weight excluding hydrogens is 216 g/mol. The third-order valence-electron chi connectivity index (χ3n) is 2.16. The van der Waals surface area contributed by atoms with Gasteiger partial charge in [0.15, 0.2) is 0 Å². The molecule has 0 amide bonds. The molecule has 1 aromatic heterocycles. The fraction of sp³-hybridized carbons (Fsp3) is 0.556. The zero-order valence-corrected chi connectivity index (χ0v) is 9.11. The highest BCUT2D eigenvalue weighted by Crippen LogP contribution is 2.30. The van der Waals surface area contributed by atoms with Gasteiger partial charge in [-0.25, -0.2) is 4.79 Å². The van der Waals surface area contributed by atoms with Gasteiger partial charge in [-0.15, -0.1) is 11.8 Å². The molecule has 0 bridgehead atoms. The first kappa shape index (κ1) is 10.7. The summed E-state index contributed by atoms with van der Waals surface area (Å²) in [6.45, 7) is 1.74. The topological polar surface area (TPSA) is 64.3 Å². The molecule has 0 saturated carbocycles. The molecule has 0 spiro atoms. The molecule has 0 aliphatic carbocycles. The molecule has 1 aliphatic rings.